The van der Waals surface area contributed by atoms with Crippen LogP contribution >= 0.6 is 0 Å². The molecule has 2 N–H and O–H groups in total. The standard InChI is InChI=1S/C22H25N5O4/c1-14-20(16-5-3-4-6-17(16)24-14)21(28)22(29)23-7-10-31-19-13-18(25-15(2)26-19)27-8-11-30-12-9-27/h3-6,13,24H,7-12H2,1-2H3,(H,23,29). The first kappa shape index (κ1) is 20.8. The quantitative estimate of drug-likeness (QED) is 0.339. The Morgan fingerprint density at radius 2 is 1.97 bits per heavy atom. The van der Waals surface area contributed by atoms with Crippen LogP contribution in [0.25, 0.3) is 10.9 Å². The molecular weight excluding hydrogens is 398 g/mol. The molecule has 1 aliphatic rings. The molecule has 31 heavy (non-hydrogen) atoms. The highest BCUT2D eigenvalue weighted by Crippen LogP contribution is 2.22. The Balaban J connectivity index is 1.33. The lowest BCUT2D eigenvalue weighted by atomic mass is 10.1. The van der Waals surface area contributed by atoms with Crippen molar-refractivity contribution in [2.24, 2.45) is 0 Å². The van der Waals surface area contributed by atoms with Gasteiger partial charge in [-0.1, -0.05) is 18.2 Å². The number of nitrogens with zero attached hydrogens (tertiary/aromatic N) is 3. The number of aryl methyl sites for hydroxylation is 2. The van der Waals surface area contributed by atoms with E-state index in [-0.39, 0.29) is 13.2 Å². The van der Waals surface area contributed by atoms with Gasteiger partial charge in [-0.25, -0.2) is 4.98 Å². The molecular formula is C22H25N5O4. The fraction of sp³-hybridized carbons (Fsp3) is 0.364. The first-order valence-electron chi connectivity index (χ1n) is 10.2. The number of fused-ring (bicyclic) bond motifs is 1. The molecule has 1 fully saturated rings. The Labute approximate surface area is 179 Å². The van der Waals surface area contributed by atoms with Gasteiger partial charge in [-0.15, -0.1) is 0 Å². The summed E-state index contributed by atoms with van der Waals surface area (Å²) in [5.74, 6) is 0.599. The van der Waals surface area contributed by atoms with Crippen molar-refractivity contribution in [1.29, 1.82) is 0 Å². The predicted molar refractivity (Wildman–Crippen MR) is 116 cm³/mol. The van der Waals surface area contributed by atoms with Gasteiger partial charge in [0, 0.05) is 35.8 Å². The number of carbonyl (C=O) groups is 2. The number of amides is 1. The van der Waals surface area contributed by atoms with Crippen molar-refractivity contribution >= 4 is 28.4 Å². The minimum atomic E-state index is -0.663. The third kappa shape index (κ3) is 4.66. The molecule has 1 amide bonds. The number of para-hydroxylation sites is 1. The Morgan fingerprint density at radius 3 is 2.77 bits per heavy atom. The van der Waals surface area contributed by atoms with Crippen molar-refractivity contribution in [3.05, 3.63) is 47.4 Å². The maximum absolute atomic E-state index is 12.7. The maximum Gasteiger partial charge on any atom is 0.292 e. The summed E-state index contributed by atoms with van der Waals surface area (Å²) in [6.07, 6.45) is 0. The number of carbonyl (C=O) groups excluding carboxylic acids is 2. The van der Waals surface area contributed by atoms with E-state index in [2.05, 4.69) is 25.2 Å². The fourth-order valence-corrected chi connectivity index (χ4v) is 3.64. The van der Waals surface area contributed by atoms with Crippen LogP contribution in [0.5, 0.6) is 5.88 Å². The fourth-order valence-electron chi connectivity index (χ4n) is 3.64. The first-order valence-corrected chi connectivity index (χ1v) is 10.2. The third-order valence-electron chi connectivity index (χ3n) is 5.10. The molecule has 0 aliphatic carbocycles. The van der Waals surface area contributed by atoms with Crippen molar-refractivity contribution in [2.45, 2.75) is 13.8 Å². The molecule has 3 aromatic rings. The van der Waals surface area contributed by atoms with Gasteiger partial charge in [0.2, 0.25) is 5.88 Å². The summed E-state index contributed by atoms with van der Waals surface area (Å²) in [6.45, 7) is 6.81. The molecule has 0 bridgehead atoms. The molecule has 0 spiro atoms. The first-order chi connectivity index (χ1) is 15.0. The normalized spacial score (nSPS) is 13.9. The van der Waals surface area contributed by atoms with Gasteiger partial charge in [0.15, 0.2) is 0 Å². The minimum Gasteiger partial charge on any atom is -0.476 e. The topological polar surface area (TPSA) is 109 Å². The number of rotatable bonds is 7. The molecule has 0 saturated carbocycles. The summed E-state index contributed by atoms with van der Waals surface area (Å²) >= 11 is 0. The van der Waals surface area contributed by atoms with Gasteiger partial charge in [-0.3, -0.25) is 9.59 Å². The highest BCUT2D eigenvalue weighted by atomic mass is 16.5. The van der Waals surface area contributed by atoms with Crippen LogP contribution in [0.2, 0.25) is 0 Å². The van der Waals surface area contributed by atoms with Gasteiger partial charge in [0.05, 0.1) is 25.3 Å². The average Bonchev–Trinajstić information content (AvgIpc) is 3.12. The lowest BCUT2D eigenvalue weighted by Gasteiger charge is -2.28. The molecule has 1 saturated heterocycles. The largest absolute Gasteiger partial charge is 0.476 e. The van der Waals surface area contributed by atoms with E-state index in [1.165, 1.54) is 0 Å². The summed E-state index contributed by atoms with van der Waals surface area (Å²) in [4.78, 5) is 39.1. The second-order valence-corrected chi connectivity index (χ2v) is 7.32. The van der Waals surface area contributed by atoms with E-state index < -0.39 is 11.7 Å². The number of nitrogens with one attached hydrogen (secondary N) is 2. The molecule has 4 rings (SSSR count). The van der Waals surface area contributed by atoms with E-state index in [0.29, 0.717) is 36.2 Å². The molecule has 0 atom stereocenters. The van der Waals surface area contributed by atoms with Crippen molar-refractivity contribution in [2.75, 3.05) is 44.4 Å². The second-order valence-electron chi connectivity index (χ2n) is 7.32. The number of ether oxygens (including phenoxy) is 2. The number of benzene rings is 1. The maximum atomic E-state index is 12.7. The number of hydrogen-bond donors (Lipinski definition) is 2. The van der Waals surface area contributed by atoms with Crippen LogP contribution in [-0.2, 0) is 9.53 Å². The van der Waals surface area contributed by atoms with Crippen LogP contribution in [-0.4, -0.2) is 66.1 Å². The Bertz CT molecular complexity index is 1100. The van der Waals surface area contributed by atoms with Gasteiger partial charge in [0.1, 0.15) is 18.2 Å². The molecule has 9 nitrogen and oxygen atoms in total. The van der Waals surface area contributed by atoms with E-state index in [9.17, 15) is 9.59 Å². The monoisotopic (exact) mass is 423 g/mol. The van der Waals surface area contributed by atoms with Crippen LogP contribution in [0.4, 0.5) is 5.82 Å². The van der Waals surface area contributed by atoms with Crippen LogP contribution in [0, 0.1) is 13.8 Å². The number of anilines is 1. The van der Waals surface area contributed by atoms with Crippen molar-refractivity contribution in [3.63, 3.8) is 0 Å². The van der Waals surface area contributed by atoms with Gasteiger partial charge in [-0.2, -0.15) is 4.98 Å². The summed E-state index contributed by atoms with van der Waals surface area (Å²) in [6, 6.07) is 9.20. The van der Waals surface area contributed by atoms with Crippen LogP contribution in [0.3, 0.4) is 0 Å². The molecule has 0 radical (unpaired) electrons. The SMILES string of the molecule is Cc1nc(OCCNC(=O)C(=O)c2c(C)[nH]c3ccccc23)cc(N2CCOCC2)n1. The number of hydrogen-bond acceptors (Lipinski definition) is 7. The zero-order valence-corrected chi connectivity index (χ0v) is 17.6. The van der Waals surface area contributed by atoms with E-state index in [4.69, 9.17) is 9.47 Å². The Morgan fingerprint density at radius 1 is 1.19 bits per heavy atom. The van der Waals surface area contributed by atoms with E-state index in [1.54, 1.807) is 19.9 Å². The summed E-state index contributed by atoms with van der Waals surface area (Å²) in [5, 5.41) is 3.37. The number of aromatic nitrogens is 3. The molecule has 3 heterocycles. The second kappa shape index (κ2) is 9.13. The van der Waals surface area contributed by atoms with Gasteiger partial charge in [-0.05, 0) is 19.9 Å². The Hall–Kier alpha value is -3.46. The van der Waals surface area contributed by atoms with Gasteiger partial charge in [0.25, 0.3) is 11.7 Å². The highest BCUT2D eigenvalue weighted by molar-refractivity contribution is 6.45. The third-order valence-corrected chi connectivity index (χ3v) is 5.10. The minimum absolute atomic E-state index is 0.182. The molecule has 9 heteroatoms. The van der Waals surface area contributed by atoms with Crippen LogP contribution < -0.4 is 15.0 Å². The number of ketones is 1. The molecule has 0 unspecified atom stereocenters. The number of morpholine rings is 1. The lowest BCUT2D eigenvalue weighted by molar-refractivity contribution is -0.117. The van der Waals surface area contributed by atoms with Crippen LogP contribution in [0.15, 0.2) is 30.3 Å². The zero-order valence-electron chi connectivity index (χ0n) is 17.6. The summed E-state index contributed by atoms with van der Waals surface area (Å²) in [7, 11) is 0. The molecule has 162 valence electrons. The number of Topliss-reactive ketones (excluding diaryl/α,β-unsaturated/α-hetero) is 1. The average molecular weight is 423 g/mol. The molecule has 1 aliphatic heterocycles. The number of H-pyrrole nitrogens is 1. The van der Waals surface area contributed by atoms with Crippen molar-refractivity contribution in [1.82, 2.24) is 20.3 Å². The van der Waals surface area contributed by atoms with E-state index >= 15 is 0 Å². The van der Waals surface area contributed by atoms with Crippen molar-refractivity contribution < 1.29 is 19.1 Å². The Kier molecular flexibility index (Phi) is 6.13. The number of aromatic amines is 1. The van der Waals surface area contributed by atoms with E-state index in [1.807, 2.05) is 24.3 Å². The smallest absolute Gasteiger partial charge is 0.292 e. The summed E-state index contributed by atoms with van der Waals surface area (Å²) in [5.41, 5.74) is 1.90. The van der Waals surface area contributed by atoms with Crippen LogP contribution in [0.1, 0.15) is 21.9 Å². The molecule has 2 aromatic heterocycles. The lowest BCUT2D eigenvalue weighted by Crippen LogP contribution is -2.37. The van der Waals surface area contributed by atoms with E-state index in [0.717, 1.165) is 29.8 Å². The van der Waals surface area contributed by atoms with Gasteiger partial charge >= 0.3 is 0 Å². The molecule has 1 aromatic carbocycles. The predicted octanol–water partition coefficient (Wildman–Crippen LogP) is 1.79. The zero-order chi connectivity index (χ0) is 21.8. The van der Waals surface area contributed by atoms with Crippen molar-refractivity contribution in [3.8, 4) is 5.88 Å². The summed E-state index contributed by atoms with van der Waals surface area (Å²) < 4.78 is 11.1. The highest BCUT2D eigenvalue weighted by Gasteiger charge is 2.22. The van der Waals surface area contributed by atoms with Gasteiger partial charge < -0.3 is 24.7 Å².